The van der Waals surface area contributed by atoms with Crippen molar-refractivity contribution >= 4 is 27.3 Å². The Morgan fingerprint density at radius 1 is 1.21 bits per heavy atom. The Morgan fingerprint density at radius 2 is 2.08 bits per heavy atom. The minimum atomic E-state index is -2.90. The highest BCUT2D eigenvalue weighted by atomic mass is 32.2. The van der Waals surface area contributed by atoms with Crippen LogP contribution in [0, 0.1) is 0 Å². The van der Waals surface area contributed by atoms with Crippen LogP contribution in [0.25, 0.3) is 0 Å². The lowest BCUT2D eigenvalue weighted by molar-refractivity contribution is 0.602. The Morgan fingerprint density at radius 3 is 2.92 bits per heavy atom. The van der Waals surface area contributed by atoms with Crippen molar-refractivity contribution < 1.29 is 8.42 Å². The summed E-state index contributed by atoms with van der Waals surface area (Å²) in [5, 5.41) is 3.24. The molecular weight excluding hydrogens is 324 g/mol. The van der Waals surface area contributed by atoms with Gasteiger partial charge < -0.3 is 10.2 Å². The number of para-hydroxylation sites is 1. The maximum Gasteiger partial charge on any atom is 0.231 e. The topological polar surface area (TPSA) is 75.2 Å². The Bertz CT molecular complexity index is 853. The summed E-state index contributed by atoms with van der Waals surface area (Å²) in [6.45, 7) is 0.887. The summed E-state index contributed by atoms with van der Waals surface area (Å²) in [6.07, 6.45) is 4.50. The van der Waals surface area contributed by atoms with Crippen LogP contribution in [-0.2, 0) is 16.3 Å². The summed E-state index contributed by atoms with van der Waals surface area (Å²) < 4.78 is 23.2. The van der Waals surface area contributed by atoms with E-state index in [9.17, 15) is 8.42 Å². The number of hydrogen-bond acceptors (Lipinski definition) is 6. The highest BCUT2D eigenvalue weighted by molar-refractivity contribution is 7.91. The van der Waals surface area contributed by atoms with Gasteiger partial charge >= 0.3 is 0 Å². The zero-order valence-corrected chi connectivity index (χ0v) is 14.2. The minimum Gasteiger partial charge on any atom is -0.366 e. The molecule has 7 heteroatoms. The standard InChI is InChI=1S/C17H20N4O2S/c22-24(23)11-8-14(12-24)19-16-7-9-18-17(20-16)21-10-3-5-13-4-1-2-6-15(13)21/h1-2,4,6-7,9,14H,3,5,8,10-12H2,(H,18,19,20). The lowest BCUT2D eigenvalue weighted by Gasteiger charge is -2.29. The number of nitrogens with one attached hydrogen (secondary N) is 1. The van der Waals surface area contributed by atoms with Crippen molar-refractivity contribution in [2.24, 2.45) is 0 Å². The molecule has 0 bridgehead atoms. The van der Waals surface area contributed by atoms with Gasteiger partial charge in [0, 0.05) is 24.5 Å². The first-order chi connectivity index (χ1) is 11.6. The zero-order valence-electron chi connectivity index (χ0n) is 13.4. The molecule has 0 saturated carbocycles. The van der Waals surface area contributed by atoms with E-state index in [-0.39, 0.29) is 17.5 Å². The van der Waals surface area contributed by atoms with Crippen LogP contribution in [0.15, 0.2) is 36.5 Å². The maximum atomic E-state index is 11.6. The quantitative estimate of drug-likeness (QED) is 0.920. The number of rotatable bonds is 3. The third-order valence-electron chi connectivity index (χ3n) is 4.58. The second kappa shape index (κ2) is 6.05. The smallest absolute Gasteiger partial charge is 0.231 e. The van der Waals surface area contributed by atoms with Crippen LogP contribution >= 0.6 is 0 Å². The van der Waals surface area contributed by atoms with Gasteiger partial charge in [-0.2, -0.15) is 4.98 Å². The van der Waals surface area contributed by atoms with Crippen LogP contribution in [-0.4, -0.2) is 42.5 Å². The van der Waals surface area contributed by atoms with Gasteiger partial charge in [-0.1, -0.05) is 18.2 Å². The molecule has 1 unspecified atom stereocenters. The lowest BCUT2D eigenvalue weighted by atomic mass is 10.0. The number of anilines is 3. The Balaban J connectivity index is 1.58. The first-order valence-corrected chi connectivity index (χ1v) is 10.1. The summed E-state index contributed by atoms with van der Waals surface area (Å²) >= 11 is 0. The van der Waals surface area contributed by atoms with E-state index in [4.69, 9.17) is 0 Å². The molecule has 1 N–H and O–H groups in total. The van der Waals surface area contributed by atoms with Crippen LogP contribution in [0.5, 0.6) is 0 Å². The molecule has 1 saturated heterocycles. The maximum absolute atomic E-state index is 11.6. The van der Waals surface area contributed by atoms with Crippen LogP contribution < -0.4 is 10.2 Å². The van der Waals surface area contributed by atoms with E-state index in [1.54, 1.807) is 12.3 Å². The van der Waals surface area contributed by atoms with E-state index < -0.39 is 9.84 Å². The second-order valence-electron chi connectivity index (χ2n) is 6.37. The van der Waals surface area contributed by atoms with Gasteiger partial charge in [0.1, 0.15) is 5.82 Å². The molecule has 2 aromatic rings. The summed E-state index contributed by atoms with van der Waals surface area (Å²) in [6, 6.07) is 10.1. The van der Waals surface area contributed by atoms with E-state index in [0.717, 1.165) is 25.1 Å². The Kier molecular flexibility index (Phi) is 3.88. The molecule has 2 aliphatic heterocycles. The van der Waals surface area contributed by atoms with Crippen LogP contribution in [0.2, 0.25) is 0 Å². The second-order valence-corrected chi connectivity index (χ2v) is 8.60. The minimum absolute atomic E-state index is 0.0635. The highest BCUT2D eigenvalue weighted by Gasteiger charge is 2.28. The average Bonchev–Trinajstić information content (AvgIpc) is 2.93. The molecule has 1 atom stereocenters. The predicted octanol–water partition coefficient (Wildman–Crippen LogP) is 2.16. The summed E-state index contributed by atoms with van der Waals surface area (Å²) in [7, 11) is -2.90. The predicted molar refractivity (Wildman–Crippen MR) is 94.5 cm³/mol. The fourth-order valence-electron chi connectivity index (χ4n) is 3.42. The van der Waals surface area contributed by atoms with E-state index in [0.29, 0.717) is 18.2 Å². The van der Waals surface area contributed by atoms with Crippen molar-refractivity contribution in [1.29, 1.82) is 0 Å². The number of sulfone groups is 1. The molecule has 1 aromatic carbocycles. The number of hydrogen-bond donors (Lipinski definition) is 1. The molecule has 0 spiro atoms. The third-order valence-corrected chi connectivity index (χ3v) is 6.35. The molecule has 24 heavy (non-hydrogen) atoms. The van der Waals surface area contributed by atoms with Crippen molar-refractivity contribution in [3.63, 3.8) is 0 Å². The molecule has 1 fully saturated rings. The van der Waals surface area contributed by atoms with Crippen LogP contribution in [0.4, 0.5) is 17.5 Å². The van der Waals surface area contributed by atoms with Crippen LogP contribution in [0.3, 0.4) is 0 Å². The Hall–Kier alpha value is -2.15. The van der Waals surface area contributed by atoms with Gasteiger partial charge in [0.15, 0.2) is 9.84 Å². The molecule has 3 heterocycles. The monoisotopic (exact) mass is 344 g/mol. The summed E-state index contributed by atoms with van der Waals surface area (Å²) in [5.74, 6) is 1.78. The molecule has 0 aliphatic carbocycles. The van der Waals surface area contributed by atoms with Crippen LogP contribution in [0.1, 0.15) is 18.4 Å². The molecule has 126 valence electrons. The van der Waals surface area contributed by atoms with Gasteiger partial charge in [0.25, 0.3) is 0 Å². The number of aryl methyl sites for hydroxylation is 1. The van der Waals surface area contributed by atoms with Gasteiger partial charge in [-0.25, -0.2) is 13.4 Å². The molecule has 6 nitrogen and oxygen atoms in total. The first kappa shape index (κ1) is 15.4. The number of aromatic nitrogens is 2. The fourth-order valence-corrected chi connectivity index (χ4v) is 5.09. The van der Waals surface area contributed by atoms with E-state index in [1.807, 2.05) is 6.07 Å². The summed E-state index contributed by atoms with van der Waals surface area (Å²) in [4.78, 5) is 11.2. The van der Waals surface area contributed by atoms with Crippen molar-refractivity contribution in [2.45, 2.75) is 25.3 Å². The Labute approximate surface area is 141 Å². The largest absolute Gasteiger partial charge is 0.366 e. The lowest BCUT2D eigenvalue weighted by Crippen LogP contribution is -2.27. The van der Waals surface area contributed by atoms with Gasteiger partial charge in [-0.15, -0.1) is 0 Å². The number of fused-ring (bicyclic) bond motifs is 1. The van der Waals surface area contributed by atoms with Gasteiger partial charge in [-0.05, 0) is 37.0 Å². The van der Waals surface area contributed by atoms with E-state index in [2.05, 4.69) is 38.4 Å². The van der Waals surface area contributed by atoms with Crippen molar-refractivity contribution in [2.75, 3.05) is 28.3 Å². The number of nitrogens with zero attached hydrogens (tertiary/aromatic N) is 3. The zero-order chi connectivity index (χ0) is 16.6. The van der Waals surface area contributed by atoms with Gasteiger partial charge in [0.05, 0.1) is 11.5 Å². The normalized spacial score (nSPS) is 22.2. The molecule has 4 rings (SSSR count). The first-order valence-electron chi connectivity index (χ1n) is 8.26. The molecule has 1 aromatic heterocycles. The highest BCUT2D eigenvalue weighted by Crippen LogP contribution is 2.31. The number of benzene rings is 1. The average molecular weight is 344 g/mol. The van der Waals surface area contributed by atoms with E-state index in [1.165, 1.54) is 5.56 Å². The molecule has 2 aliphatic rings. The van der Waals surface area contributed by atoms with Crippen molar-refractivity contribution in [3.05, 3.63) is 42.1 Å². The third kappa shape index (κ3) is 3.08. The summed E-state index contributed by atoms with van der Waals surface area (Å²) in [5.41, 5.74) is 2.47. The molecular formula is C17H20N4O2S. The molecule has 0 radical (unpaired) electrons. The fraction of sp³-hybridized carbons (Fsp3) is 0.412. The van der Waals surface area contributed by atoms with Gasteiger partial charge in [0.2, 0.25) is 5.95 Å². The molecule has 0 amide bonds. The van der Waals surface area contributed by atoms with Crippen molar-refractivity contribution in [1.82, 2.24) is 9.97 Å². The SMILES string of the molecule is O=S1(=O)CCC(Nc2ccnc(N3CCCc4ccccc43)n2)C1. The van der Waals surface area contributed by atoms with Gasteiger partial charge in [-0.3, -0.25) is 0 Å². The van der Waals surface area contributed by atoms with E-state index >= 15 is 0 Å². The van der Waals surface area contributed by atoms with Crippen molar-refractivity contribution in [3.8, 4) is 0 Å².